The molecule has 1 aliphatic heterocycles. The van der Waals surface area contributed by atoms with Crippen LogP contribution in [-0.4, -0.2) is 40.5 Å². The van der Waals surface area contributed by atoms with Crippen LogP contribution in [0.3, 0.4) is 0 Å². The first kappa shape index (κ1) is 12.8. The summed E-state index contributed by atoms with van der Waals surface area (Å²) < 4.78 is 5.38. The molecular weight excluding hydrogens is 260 g/mol. The van der Waals surface area contributed by atoms with Gasteiger partial charge in [-0.3, -0.25) is 14.9 Å². The van der Waals surface area contributed by atoms with Crippen molar-refractivity contribution >= 4 is 29.4 Å². The summed E-state index contributed by atoms with van der Waals surface area (Å²) in [5.41, 5.74) is 0. The minimum atomic E-state index is -0.466. The van der Waals surface area contributed by atoms with Crippen molar-refractivity contribution in [3.05, 3.63) is 5.89 Å². The zero-order valence-electron chi connectivity index (χ0n) is 9.85. The SMILES string of the molecule is CCC1C(=O)NC(=O)CN1c1nnc(CCCl)o1. The highest BCUT2D eigenvalue weighted by atomic mass is 35.5. The number of piperazine rings is 1. The van der Waals surface area contributed by atoms with Gasteiger partial charge in [-0.2, -0.15) is 0 Å². The molecule has 0 saturated carbocycles. The normalized spacial score (nSPS) is 20.1. The number of carbonyl (C=O) groups excluding carboxylic acids is 2. The zero-order chi connectivity index (χ0) is 13.1. The van der Waals surface area contributed by atoms with Crippen molar-refractivity contribution in [2.75, 3.05) is 17.3 Å². The van der Waals surface area contributed by atoms with Crippen molar-refractivity contribution in [2.45, 2.75) is 25.8 Å². The molecule has 0 radical (unpaired) electrons. The van der Waals surface area contributed by atoms with Crippen molar-refractivity contribution in [3.63, 3.8) is 0 Å². The van der Waals surface area contributed by atoms with Crippen LogP contribution in [0.2, 0.25) is 0 Å². The number of carbonyl (C=O) groups is 2. The van der Waals surface area contributed by atoms with Crippen molar-refractivity contribution in [1.82, 2.24) is 15.5 Å². The Labute approximate surface area is 108 Å². The second kappa shape index (κ2) is 5.34. The molecule has 0 aromatic carbocycles. The minimum Gasteiger partial charge on any atom is -0.408 e. The molecule has 2 rings (SSSR count). The quantitative estimate of drug-likeness (QED) is 0.617. The van der Waals surface area contributed by atoms with Gasteiger partial charge >= 0.3 is 6.01 Å². The second-order valence-electron chi connectivity index (χ2n) is 3.88. The predicted molar refractivity (Wildman–Crippen MR) is 63.3 cm³/mol. The van der Waals surface area contributed by atoms with E-state index in [9.17, 15) is 9.59 Å². The van der Waals surface area contributed by atoms with E-state index in [0.29, 0.717) is 24.6 Å². The molecule has 1 fully saturated rings. The van der Waals surface area contributed by atoms with Crippen LogP contribution in [0.1, 0.15) is 19.2 Å². The maximum absolute atomic E-state index is 11.7. The van der Waals surface area contributed by atoms with Gasteiger partial charge in [0, 0.05) is 12.3 Å². The van der Waals surface area contributed by atoms with Crippen LogP contribution in [0.5, 0.6) is 0 Å². The summed E-state index contributed by atoms with van der Waals surface area (Å²) in [6, 6.07) is -0.280. The molecule has 2 amide bonds. The highest BCUT2D eigenvalue weighted by Crippen LogP contribution is 2.19. The molecule has 1 N–H and O–H groups in total. The van der Waals surface area contributed by atoms with Gasteiger partial charge in [-0.25, -0.2) is 0 Å². The number of hydrogen-bond donors (Lipinski definition) is 1. The van der Waals surface area contributed by atoms with E-state index in [1.54, 1.807) is 0 Å². The number of alkyl halides is 1. The number of aryl methyl sites for hydroxylation is 1. The molecule has 0 bridgehead atoms. The van der Waals surface area contributed by atoms with Gasteiger partial charge in [0.05, 0.1) is 0 Å². The molecule has 8 heteroatoms. The Morgan fingerprint density at radius 3 is 2.94 bits per heavy atom. The lowest BCUT2D eigenvalue weighted by Crippen LogP contribution is -2.58. The Balaban J connectivity index is 2.22. The van der Waals surface area contributed by atoms with Crippen LogP contribution in [0, 0.1) is 0 Å². The summed E-state index contributed by atoms with van der Waals surface area (Å²) in [6.45, 7) is 1.88. The monoisotopic (exact) mass is 272 g/mol. The van der Waals surface area contributed by atoms with E-state index >= 15 is 0 Å². The lowest BCUT2D eigenvalue weighted by Gasteiger charge is -2.31. The number of halogens is 1. The van der Waals surface area contributed by atoms with Gasteiger partial charge in [-0.15, -0.1) is 16.7 Å². The summed E-state index contributed by atoms with van der Waals surface area (Å²) >= 11 is 5.57. The summed E-state index contributed by atoms with van der Waals surface area (Å²) in [5, 5.41) is 9.94. The van der Waals surface area contributed by atoms with Crippen LogP contribution in [0.4, 0.5) is 6.01 Å². The highest BCUT2D eigenvalue weighted by molar-refractivity contribution is 6.17. The predicted octanol–water partition coefficient (Wildman–Crippen LogP) is 0.0923. The summed E-state index contributed by atoms with van der Waals surface area (Å²) in [4.78, 5) is 24.6. The van der Waals surface area contributed by atoms with E-state index in [1.807, 2.05) is 6.92 Å². The van der Waals surface area contributed by atoms with E-state index < -0.39 is 6.04 Å². The number of hydrogen-bond acceptors (Lipinski definition) is 6. The van der Waals surface area contributed by atoms with E-state index in [4.69, 9.17) is 16.0 Å². The van der Waals surface area contributed by atoms with Crippen molar-refractivity contribution in [1.29, 1.82) is 0 Å². The number of amides is 2. The van der Waals surface area contributed by atoms with Gasteiger partial charge < -0.3 is 9.32 Å². The van der Waals surface area contributed by atoms with Gasteiger partial charge in [0.2, 0.25) is 17.7 Å². The summed E-state index contributed by atoms with van der Waals surface area (Å²) in [7, 11) is 0. The number of nitrogens with one attached hydrogen (secondary N) is 1. The lowest BCUT2D eigenvalue weighted by molar-refractivity contribution is -0.133. The Morgan fingerprint density at radius 1 is 1.50 bits per heavy atom. The largest absolute Gasteiger partial charge is 0.408 e. The van der Waals surface area contributed by atoms with E-state index in [1.165, 1.54) is 4.90 Å². The molecule has 0 spiro atoms. The Kier molecular flexibility index (Phi) is 3.81. The van der Waals surface area contributed by atoms with E-state index in [-0.39, 0.29) is 24.4 Å². The average molecular weight is 273 g/mol. The second-order valence-corrected chi connectivity index (χ2v) is 4.26. The van der Waals surface area contributed by atoms with Crippen molar-refractivity contribution < 1.29 is 14.0 Å². The molecule has 0 aliphatic carbocycles. The molecule has 1 atom stereocenters. The third-order valence-electron chi connectivity index (χ3n) is 2.65. The molecule has 1 aromatic rings. The third-order valence-corrected chi connectivity index (χ3v) is 2.84. The number of anilines is 1. The number of rotatable bonds is 4. The van der Waals surface area contributed by atoms with E-state index in [2.05, 4.69) is 15.5 Å². The molecule has 2 heterocycles. The first-order chi connectivity index (χ1) is 8.65. The number of nitrogens with zero attached hydrogens (tertiary/aromatic N) is 3. The smallest absolute Gasteiger partial charge is 0.319 e. The standard InChI is InChI=1S/C10H13ClN4O3/c1-2-6-9(17)12-7(16)5-15(6)10-14-13-8(18-10)3-4-11/h6H,2-5H2,1H3,(H,12,16,17). The fourth-order valence-electron chi connectivity index (χ4n) is 1.82. The Hall–Kier alpha value is -1.63. The topological polar surface area (TPSA) is 88.3 Å². The maximum atomic E-state index is 11.7. The fraction of sp³-hybridized carbons (Fsp3) is 0.600. The molecule has 1 unspecified atom stereocenters. The van der Waals surface area contributed by atoms with Crippen LogP contribution in [-0.2, 0) is 16.0 Å². The van der Waals surface area contributed by atoms with E-state index in [0.717, 1.165) is 0 Å². The first-order valence-electron chi connectivity index (χ1n) is 5.64. The minimum absolute atomic E-state index is 0.0345. The van der Waals surface area contributed by atoms with Gasteiger partial charge in [0.25, 0.3) is 0 Å². The summed E-state index contributed by atoms with van der Waals surface area (Å²) in [5.74, 6) is 0.0547. The van der Waals surface area contributed by atoms with Crippen LogP contribution >= 0.6 is 11.6 Å². The molecule has 1 saturated heterocycles. The molecule has 1 aromatic heterocycles. The highest BCUT2D eigenvalue weighted by Gasteiger charge is 2.35. The number of aromatic nitrogens is 2. The van der Waals surface area contributed by atoms with Gasteiger partial charge in [0.1, 0.15) is 12.6 Å². The van der Waals surface area contributed by atoms with Crippen molar-refractivity contribution in [3.8, 4) is 0 Å². The van der Waals surface area contributed by atoms with Gasteiger partial charge in [0.15, 0.2) is 0 Å². The zero-order valence-corrected chi connectivity index (χ0v) is 10.6. The maximum Gasteiger partial charge on any atom is 0.319 e. The molecule has 7 nitrogen and oxygen atoms in total. The molecular formula is C10H13ClN4O3. The van der Waals surface area contributed by atoms with Crippen LogP contribution in [0.15, 0.2) is 4.42 Å². The first-order valence-corrected chi connectivity index (χ1v) is 6.17. The Morgan fingerprint density at radius 2 is 2.28 bits per heavy atom. The molecule has 98 valence electrons. The fourth-order valence-corrected chi connectivity index (χ4v) is 1.98. The average Bonchev–Trinajstić information content (AvgIpc) is 2.77. The summed E-state index contributed by atoms with van der Waals surface area (Å²) in [6.07, 6.45) is 1.01. The Bertz CT molecular complexity index is 462. The lowest BCUT2D eigenvalue weighted by atomic mass is 10.1. The molecule has 1 aliphatic rings. The van der Waals surface area contributed by atoms with Gasteiger partial charge in [-0.05, 0) is 6.42 Å². The van der Waals surface area contributed by atoms with Crippen LogP contribution < -0.4 is 10.2 Å². The van der Waals surface area contributed by atoms with Crippen LogP contribution in [0.25, 0.3) is 0 Å². The number of imide groups is 1. The third kappa shape index (κ3) is 2.45. The van der Waals surface area contributed by atoms with Gasteiger partial charge in [-0.1, -0.05) is 12.0 Å². The molecule has 18 heavy (non-hydrogen) atoms. The van der Waals surface area contributed by atoms with Crippen molar-refractivity contribution in [2.24, 2.45) is 0 Å².